The standard InChI is InChI=1S/C13H22O4/c1-9(8-17-10(2)14)3-4-11-7-12(15)5-6-13(11)16/h3,11-13,15-16H,4-8H2,1-2H3/b9-3+/t11-,12-,13+/m1/s1. The smallest absolute Gasteiger partial charge is 0.302 e. The molecule has 1 saturated carbocycles. The van der Waals surface area contributed by atoms with Crippen LogP contribution in [0.1, 0.15) is 39.5 Å². The van der Waals surface area contributed by atoms with Crippen LogP contribution in [0.5, 0.6) is 0 Å². The van der Waals surface area contributed by atoms with Gasteiger partial charge in [0.1, 0.15) is 6.61 Å². The van der Waals surface area contributed by atoms with Crippen LogP contribution in [0.25, 0.3) is 0 Å². The highest BCUT2D eigenvalue weighted by molar-refractivity contribution is 5.66. The van der Waals surface area contributed by atoms with Crippen LogP contribution in [-0.4, -0.2) is 35.0 Å². The summed E-state index contributed by atoms with van der Waals surface area (Å²) in [6.07, 6.45) is 4.11. The third-order valence-electron chi connectivity index (χ3n) is 3.19. The Morgan fingerprint density at radius 2 is 2.06 bits per heavy atom. The van der Waals surface area contributed by atoms with Crippen molar-refractivity contribution in [1.29, 1.82) is 0 Å². The average Bonchev–Trinajstić information content (AvgIpc) is 2.27. The highest BCUT2D eigenvalue weighted by Crippen LogP contribution is 2.28. The number of hydrogen-bond donors (Lipinski definition) is 2. The summed E-state index contributed by atoms with van der Waals surface area (Å²) in [5.41, 5.74) is 0.979. The second-order valence-electron chi connectivity index (χ2n) is 4.86. The van der Waals surface area contributed by atoms with Gasteiger partial charge < -0.3 is 14.9 Å². The van der Waals surface area contributed by atoms with Crippen molar-refractivity contribution in [1.82, 2.24) is 0 Å². The summed E-state index contributed by atoms with van der Waals surface area (Å²) in [4.78, 5) is 10.6. The summed E-state index contributed by atoms with van der Waals surface area (Å²) in [5, 5.41) is 19.3. The van der Waals surface area contributed by atoms with Crippen molar-refractivity contribution in [3.63, 3.8) is 0 Å². The fourth-order valence-electron chi connectivity index (χ4n) is 2.10. The molecule has 0 aromatic heterocycles. The predicted molar refractivity (Wildman–Crippen MR) is 64.4 cm³/mol. The Morgan fingerprint density at radius 3 is 2.71 bits per heavy atom. The molecule has 1 rings (SSSR count). The molecule has 0 spiro atoms. The van der Waals surface area contributed by atoms with E-state index in [1.54, 1.807) is 0 Å². The third kappa shape index (κ3) is 5.33. The monoisotopic (exact) mass is 242 g/mol. The Morgan fingerprint density at radius 1 is 1.35 bits per heavy atom. The Kier molecular flexibility index (Phi) is 5.65. The molecule has 17 heavy (non-hydrogen) atoms. The molecule has 4 nitrogen and oxygen atoms in total. The summed E-state index contributed by atoms with van der Waals surface area (Å²) in [7, 11) is 0. The molecule has 3 atom stereocenters. The fourth-order valence-corrected chi connectivity index (χ4v) is 2.10. The minimum absolute atomic E-state index is 0.117. The number of esters is 1. The van der Waals surface area contributed by atoms with Gasteiger partial charge in [-0.1, -0.05) is 6.08 Å². The molecule has 0 heterocycles. The second-order valence-corrected chi connectivity index (χ2v) is 4.86. The first-order chi connectivity index (χ1) is 7.99. The van der Waals surface area contributed by atoms with Crippen molar-refractivity contribution in [2.45, 2.75) is 51.7 Å². The minimum Gasteiger partial charge on any atom is -0.461 e. The highest BCUT2D eigenvalue weighted by Gasteiger charge is 2.27. The molecule has 0 saturated heterocycles. The Labute approximate surface area is 102 Å². The minimum atomic E-state index is -0.323. The molecule has 0 radical (unpaired) electrons. The zero-order valence-electron chi connectivity index (χ0n) is 10.6. The lowest BCUT2D eigenvalue weighted by Gasteiger charge is -2.30. The van der Waals surface area contributed by atoms with Crippen molar-refractivity contribution in [3.8, 4) is 0 Å². The van der Waals surface area contributed by atoms with Crippen molar-refractivity contribution in [2.75, 3.05) is 6.61 Å². The van der Waals surface area contributed by atoms with Gasteiger partial charge in [0, 0.05) is 6.92 Å². The van der Waals surface area contributed by atoms with Crippen LogP contribution in [0.3, 0.4) is 0 Å². The number of carbonyl (C=O) groups is 1. The van der Waals surface area contributed by atoms with E-state index >= 15 is 0 Å². The normalized spacial score (nSPS) is 30.1. The number of allylic oxidation sites excluding steroid dienone is 1. The van der Waals surface area contributed by atoms with Crippen LogP contribution in [0.2, 0.25) is 0 Å². The number of aliphatic hydroxyl groups excluding tert-OH is 2. The van der Waals surface area contributed by atoms with Gasteiger partial charge in [0.25, 0.3) is 0 Å². The summed E-state index contributed by atoms with van der Waals surface area (Å²) >= 11 is 0. The quantitative estimate of drug-likeness (QED) is 0.578. The van der Waals surface area contributed by atoms with Crippen LogP contribution in [-0.2, 0) is 9.53 Å². The fraction of sp³-hybridized carbons (Fsp3) is 0.769. The van der Waals surface area contributed by atoms with Gasteiger partial charge in [-0.2, -0.15) is 0 Å². The van der Waals surface area contributed by atoms with Crippen LogP contribution < -0.4 is 0 Å². The molecular weight excluding hydrogens is 220 g/mol. The first-order valence-corrected chi connectivity index (χ1v) is 6.14. The highest BCUT2D eigenvalue weighted by atomic mass is 16.5. The topological polar surface area (TPSA) is 66.8 Å². The van der Waals surface area contributed by atoms with Gasteiger partial charge in [-0.3, -0.25) is 4.79 Å². The van der Waals surface area contributed by atoms with Crippen LogP contribution in [0, 0.1) is 5.92 Å². The maximum Gasteiger partial charge on any atom is 0.302 e. The number of aliphatic hydroxyl groups is 2. The maximum atomic E-state index is 10.6. The number of ether oxygens (including phenoxy) is 1. The van der Waals surface area contributed by atoms with Crippen molar-refractivity contribution >= 4 is 5.97 Å². The van der Waals surface area contributed by atoms with Gasteiger partial charge >= 0.3 is 5.97 Å². The molecule has 0 bridgehead atoms. The molecule has 4 heteroatoms. The lowest BCUT2D eigenvalue weighted by atomic mass is 9.82. The van der Waals surface area contributed by atoms with E-state index in [1.165, 1.54) is 6.92 Å². The van der Waals surface area contributed by atoms with Crippen molar-refractivity contribution in [3.05, 3.63) is 11.6 Å². The van der Waals surface area contributed by atoms with Gasteiger partial charge in [-0.05, 0) is 44.1 Å². The third-order valence-corrected chi connectivity index (χ3v) is 3.19. The molecule has 2 N–H and O–H groups in total. The number of carbonyl (C=O) groups excluding carboxylic acids is 1. The van der Waals surface area contributed by atoms with Gasteiger partial charge in [0.15, 0.2) is 0 Å². The summed E-state index contributed by atoms with van der Waals surface area (Å²) < 4.78 is 4.87. The molecular formula is C13H22O4. The summed E-state index contributed by atoms with van der Waals surface area (Å²) in [5.74, 6) is -0.170. The van der Waals surface area contributed by atoms with Crippen molar-refractivity contribution in [2.24, 2.45) is 5.92 Å². The van der Waals surface area contributed by atoms with E-state index in [9.17, 15) is 15.0 Å². The molecule has 0 aromatic rings. The zero-order valence-corrected chi connectivity index (χ0v) is 10.6. The van der Waals surface area contributed by atoms with E-state index in [2.05, 4.69) is 0 Å². The molecule has 98 valence electrons. The Balaban J connectivity index is 2.36. The van der Waals surface area contributed by atoms with E-state index in [1.807, 2.05) is 13.0 Å². The van der Waals surface area contributed by atoms with E-state index in [0.717, 1.165) is 12.0 Å². The lowest BCUT2D eigenvalue weighted by molar-refractivity contribution is -0.139. The molecule has 0 amide bonds. The van der Waals surface area contributed by atoms with Crippen LogP contribution in [0.4, 0.5) is 0 Å². The van der Waals surface area contributed by atoms with Crippen LogP contribution in [0.15, 0.2) is 11.6 Å². The van der Waals surface area contributed by atoms with E-state index < -0.39 is 0 Å². The molecule has 0 unspecified atom stereocenters. The Bertz CT molecular complexity index is 285. The number of hydrogen-bond acceptors (Lipinski definition) is 4. The van der Waals surface area contributed by atoms with E-state index in [-0.39, 0.29) is 24.1 Å². The Hall–Kier alpha value is -0.870. The molecule has 1 fully saturated rings. The van der Waals surface area contributed by atoms with Gasteiger partial charge in [-0.25, -0.2) is 0 Å². The lowest BCUT2D eigenvalue weighted by Crippen LogP contribution is -2.31. The summed E-state index contributed by atoms with van der Waals surface area (Å²) in [6.45, 7) is 3.59. The van der Waals surface area contributed by atoms with Crippen LogP contribution >= 0.6 is 0 Å². The maximum absolute atomic E-state index is 10.6. The molecule has 1 aliphatic carbocycles. The van der Waals surface area contributed by atoms with E-state index in [4.69, 9.17) is 4.74 Å². The second kappa shape index (κ2) is 6.77. The molecule has 0 aliphatic heterocycles. The average molecular weight is 242 g/mol. The SMILES string of the molecule is CC(=O)OC/C(C)=C/C[C@@H]1C[C@H](O)CC[C@@H]1O. The first-order valence-electron chi connectivity index (χ1n) is 6.14. The predicted octanol–water partition coefficient (Wildman–Crippen LogP) is 1.41. The van der Waals surface area contributed by atoms with Gasteiger partial charge in [-0.15, -0.1) is 0 Å². The zero-order chi connectivity index (χ0) is 12.8. The van der Waals surface area contributed by atoms with E-state index in [0.29, 0.717) is 25.9 Å². The van der Waals surface area contributed by atoms with Crippen molar-refractivity contribution < 1.29 is 19.7 Å². The summed E-state index contributed by atoms with van der Waals surface area (Å²) in [6, 6.07) is 0. The van der Waals surface area contributed by atoms with Gasteiger partial charge in [0.05, 0.1) is 12.2 Å². The molecule has 1 aliphatic rings. The first kappa shape index (κ1) is 14.2. The molecule has 0 aromatic carbocycles. The largest absolute Gasteiger partial charge is 0.461 e. The number of rotatable bonds is 4. The van der Waals surface area contributed by atoms with Gasteiger partial charge in [0.2, 0.25) is 0 Å².